The van der Waals surface area contributed by atoms with Crippen LogP contribution in [0.4, 0.5) is 0 Å². The topological polar surface area (TPSA) is 55.5 Å². The van der Waals surface area contributed by atoms with Crippen molar-refractivity contribution in [2.75, 3.05) is 19.8 Å². The molecule has 0 radical (unpaired) electrons. The third-order valence-corrected chi connectivity index (χ3v) is 2.74. The summed E-state index contributed by atoms with van der Waals surface area (Å²) in [6, 6.07) is 0. The maximum Gasteiger partial charge on any atom is 0.0776 e. The van der Waals surface area contributed by atoms with E-state index in [1.54, 1.807) is 0 Å². The van der Waals surface area contributed by atoms with Gasteiger partial charge in [0.1, 0.15) is 0 Å². The molecule has 3 heteroatoms. The molecule has 0 aromatic heterocycles. The SMILES string of the molecule is CCCCCCC(C)(CN)OCCCO. The van der Waals surface area contributed by atoms with E-state index in [-0.39, 0.29) is 12.2 Å². The standard InChI is InChI=1S/C12H27NO2/c1-3-4-5-6-8-12(2,11-13)15-10-7-9-14/h14H,3-11,13H2,1-2H3. The van der Waals surface area contributed by atoms with Crippen LogP contribution in [0.2, 0.25) is 0 Å². The van der Waals surface area contributed by atoms with Crippen LogP contribution >= 0.6 is 0 Å². The van der Waals surface area contributed by atoms with Gasteiger partial charge in [-0.3, -0.25) is 0 Å². The van der Waals surface area contributed by atoms with Crippen molar-refractivity contribution in [3.8, 4) is 0 Å². The van der Waals surface area contributed by atoms with E-state index in [0.717, 1.165) is 6.42 Å². The summed E-state index contributed by atoms with van der Waals surface area (Å²) in [6.45, 7) is 5.63. The molecule has 1 atom stereocenters. The van der Waals surface area contributed by atoms with Crippen LogP contribution in [0.1, 0.15) is 52.4 Å². The van der Waals surface area contributed by atoms with Crippen LogP contribution in [-0.2, 0) is 4.74 Å². The highest BCUT2D eigenvalue weighted by Crippen LogP contribution is 2.18. The second-order valence-corrected chi connectivity index (χ2v) is 4.39. The molecule has 0 saturated carbocycles. The zero-order valence-corrected chi connectivity index (χ0v) is 10.3. The molecule has 0 saturated heterocycles. The number of rotatable bonds is 10. The molecule has 0 aromatic carbocycles. The van der Waals surface area contributed by atoms with Gasteiger partial charge in [0.05, 0.1) is 5.60 Å². The minimum atomic E-state index is -0.192. The van der Waals surface area contributed by atoms with Crippen molar-refractivity contribution in [3.05, 3.63) is 0 Å². The predicted molar refractivity (Wildman–Crippen MR) is 63.9 cm³/mol. The van der Waals surface area contributed by atoms with Crippen LogP contribution in [0.3, 0.4) is 0 Å². The second-order valence-electron chi connectivity index (χ2n) is 4.39. The largest absolute Gasteiger partial charge is 0.396 e. The third kappa shape index (κ3) is 7.77. The van der Waals surface area contributed by atoms with E-state index in [1.165, 1.54) is 25.7 Å². The summed E-state index contributed by atoms with van der Waals surface area (Å²) in [4.78, 5) is 0. The fraction of sp³-hybridized carbons (Fsp3) is 1.00. The Bertz CT molecular complexity index is 142. The lowest BCUT2D eigenvalue weighted by Gasteiger charge is -2.28. The molecule has 1 unspecified atom stereocenters. The van der Waals surface area contributed by atoms with Crippen molar-refractivity contribution >= 4 is 0 Å². The molecule has 0 aliphatic heterocycles. The zero-order valence-electron chi connectivity index (χ0n) is 10.3. The van der Waals surface area contributed by atoms with Crippen LogP contribution in [0.5, 0.6) is 0 Å². The lowest BCUT2D eigenvalue weighted by molar-refractivity contribution is -0.0368. The van der Waals surface area contributed by atoms with Gasteiger partial charge in [-0.1, -0.05) is 32.6 Å². The fourth-order valence-electron chi connectivity index (χ4n) is 1.54. The van der Waals surface area contributed by atoms with Gasteiger partial charge in [-0.15, -0.1) is 0 Å². The van der Waals surface area contributed by atoms with Crippen molar-refractivity contribution in [1.82, 2.24) is 0 Å². The van der Waals surface area contributed by atoms with Gasteiger partial charge in [0.2, 0.25) is 0 Å². The van der Waals surface area contributed by atoms with Crippen LogP contribution in [-0.4, -0.2) is 30.5 Å². The van der Waals surface area contributed by atoms with E-state index < -0.39 is 0 Å². The molecule has 0 amide bonds. The molecule has 0 fully saturated rings. The second kappa shape index (κ2) is 9.13. The van der Waals surface area contributed by atoms with Crippen LogP contribution in [0.25, 0.3) is 0 Å². The highest BCUT2D eigenvalue weighted by molar-refractivity contribution is 4.76. The summed E-state index contributed by atoms with van der Waals surface area (Å²) in [5.41, 5.74) is 5.52. The van der Waals surface area contributed by atoms with Gasteiger partial charge in [-0.25, -0.2) is 0 Å². The molecule has 0 rings (SSSR count). The van der Waals surface area contributed by atoms with Gasteiger partial charge in [-0.05, 0) is 19.8 Å². The molecule has 92 valence electrons. The predicted octanol–water partition coefficient (Wildman–Crippen LogP) is 2.07. The summed E-state index contributed by atoms with van der Waals surface area (Å²) >= 11 is 0. The number of aliphatic hydroxyl groups excluding tert-OH is 1. The van der Waals surface area contributed by atoms with Crippen molar-refractivity contribution in [3.63, 3.8) is 0 Å². The monoisotopic (exact) mass is 217 g/mol. The Morgan fingerprint density at radius 3 is 2.47 bits per heavy atom. The Morgan fingerprint density at radius 1 is 1.20 bits per heavy atom. The molecule has 0 spiro atoms. The lowest BCUT2D eigenvalue weighted by Crippen LogP contribution is -2.38. The maximum absolute atomic E-state index is 8.67. The number of ether oxygens (including phenoxy) is 1. The molecule has 0 bridgehead atoms. The fourth-order valence-corrected chi connectivity index (χ4v) is 1.54. The molecular formula is C12H27NO2. The van der Waals surface area contributed by atoms with E-state index in [2.05, 4.69) is 13.8 Å². The molecule has 0 heterocycles. The summed E-state index contributed by atoms with van der Waals surface area (Å²) in [7, 11) is 0. The minimum absolute atomic E-state index is 0.191. The molecule has 3 N–H and O–H groups in total. The summed E-state index contributed by atoms with van der Waals surface area (Å²) in [5.74, 6) is 0. The van der Waals surface area contributed by atoms with Gasteiger partial charge in [-0.2, -0.15) is 0 Å². The van der Waals surface area contributed by atoms with Crippen LogP contribution in [0, 0.1) is 0 Å². The van der Waals surface area contributed by atoms with Crippen molar-refractivity contribution in [2.24, 2.45) is 5.73 Å². The van der Waals surface area contributed by atoms with Gasteiger partial charge >= 0.3 is 0 Å². The third-order valence-electron chi connectivity index (χ3n) is 2.74. The highest BCUT2D eigenvalue weighted by Gasteiger charge is 2.22. The first-order valence-electron chi connectivity index (χ1n) is 6.13. The molecular weight excluding hydrogens is 190 g/mol. The minimum Gasteiger partial charge on any atom is -0.396 e. The number of unbranched alkanes of at least 4 members (excludes halogenated alkanes) is 3. The Labute approximate surface area is 94.0 Å². The Hall–Kier alpha value is -0.120. The molecule has 0 aromatic rings. The molecule has 3 nitrogen and oxygen atoms in total. The molecule has 0 aliphatic carbocycles. The van der Waals surface area contributed by atoms with Gasteiger partial charge < -0.3 is 15.6 Å². The van der Waals surface area contributed by atoms with Crippen LogP contribution < -0.4 is 5.73 Å². The average Bonchev–Trinajstić information content (AvgIpc) is 2.25. The number of hydrogen-bond donors (Lipinski definition) is 2. The van der Waals surface area contributed by atoms with Crippen molar-refractivity contribution < 1.29 is 9.84 Å². The first-order valence-corrected chi connectivity index (χ1v) is 6.13. The maximum atomic E-state index is 8.67. The first kappa shape index (κ1) is 14.9. The smallest absolute Gasteiger partial charge is 0.0776 e. The van der Waals surface area contributed by atoms with Gasteiger partial charge in [0.25, 0.3) is 0 Å². The summed E-state index contributed by atoms with van der Waals surface area (Å²) < 4.78 is 5.71. The Balaban J connectivity index is 3.65. The Kier molecular flexibility index (Phi) is 9.06. The van der Waals surface area contributed by atoms with Gasteiger partial charge in [0.15, 0.2) is 0 Å². The van der Waals surface area contributed by atoms with E-state index in [1.807, 2.05) is 0 Å². The van der Waals surface area contributed by atoms with E-state index >= 15 is 0 Å². The van der Waals surface area contributed by atoms with E-state index in [9.17, 15) is 0 Å². The van der Waals surface area contributed by atoms with Crippen LogP contribution in [0.15, 0.2) is 0 Å². The summed E-state index contributed by atoms with van der Waals surface area (Å²) in [6.07, 6.45) is 6.71. The van der Waals surface area contributed by atoms with Crippen molar-refractivity contribution in [1.29, 1.82) is 0 Å². The number of aliphatic hydroxyl groups is 1. The lowest BCUT2D eigenvalue weighted by atomic mass is 9.98. The quantitative estimate of drug-likeness (QED) is 0.551. The van der Waals surface area contributed by atoms with E-state index in [4.69, 9.17) is 15.6 Å². The zero-order chi connectivity index (χ0) is 11.6. The van der Waals surface area contributed by atoms with E-state index in [0.29, 0.717) is 19.6 Å². The normalized spacial score (nSPS) is 15.2. The van der Waals surface area contributed by atoms with Crippen molar-refractivity contribution in [2.45, 2.75) is 58.0 Å². The highest BCUT2D eigenvalue weighted by atomic mass is 16.5. The van der Waals surface area contributed by atoms with Gasteiger partial charge in [0, 0.05) is 19.8 Å². The molecule has 0 aliphatic rings. The average molecular weight is 217 g/mol. The molecule has 15 heavy (non-hydrogen) atoms. The number of nitrogens with two attached hydrogens (primary N) is 1. The Morgan fingerprint density at radius 2 is 1.93 bits per heavy atom. The summed E-state index contributed by atoms with van der Waals surface area (Å²) in [5, 5.41) is 8.67. The first-order chi connectivity index (χ1) is 7.18. The number of hydrogen-bond acceptors (Lipinski definition) is 3.